The van der Waals surface area contributed by atoms with Gasteiger partial charge in [0, 0.05) is 18.0 Å². The molecule has 3 N–H and O–H groups in total. The Labute approximate surface area is 76.2 Å². The van der Waals surface area contributed by atoms with Gasteiger partial charge >= 0.3 is 0 Å². The maximum absolute atomic E-state index is 11.2. The number of hydrogen-bond donors (Lipinski definition) is 2. The van der Waals surface area contributed by atoms with Crippen molar-refractivity contribution in [2.45, 2.75) is 31.7 Å². The Morgan fingerprint density at radius 3 is 2.92 bits per heavy atom. The highest BCUT2D eigenvalue weighted by molar-refractivity contribution is 5.12. The molecule has 1 heterocycles. The molecule has 0 aromatic carbocycles. The van der Waals surface area contributed by atoms with Gasteiger partial charge in [-0.3, -0.25) is 4.79 Å². The SMILES string of the molecule is CC(N)c1cc(=O)[nH]c(C2CC2)n1. The van der Waals surface area contributed by atoms with Crippen molar-refractivity contribution in [1.29, 1.82) is 0 Å². The standard InChI is InChI=1S/C9H13N3O/c1-5(10)7-4-8(13)12-9(11-7)6-2-3-6/h4-6H,2-3,10H2,1H3,(H,11,12,13). The Bertz CT molecular complexity index is 342. The van der Waals surface area contributed by atoms with Crippen LogP contribution in [0.25, 0.3) is 0 Å². The molecule has 0 saturated heterocycles. The third-order valence-electron chi connectivity index (χ3n) is 2.21. The van der Waals surface area contributed by atoms with Gasteiger partial charge in [-0.25, -0.2) is 4.98 Å². The summed E-state index contributed by atoms with van der Waals surface area (Å²) in [6.45, 7) is 1.83. The smallest absolute Gasteiger partial charge is 0.251 e. The molecule has 4 nitrogen and oxygen atoms in total. The molecule has 0 bridgehead atoms. The number of nitrogens with two attached hydrogens (primary N) is 1. The molecule has 0 amide bonds. The summed E-state index contributed by atoms with van der Waals surface area (Å²) in [6.07, 6.45) is 2.26. The third kappa shape index (κ3) is 1.78. The predicted molar refractivity (Wildman–Crippen MR) is 49.4 cm³/mol. The lowest BCUT2D eigenvalue weighted by molar-refractivity contribution is 0.747. The lowest BCUT2D eigenvalue weighted by atomic mass is 10.2. The van der Waals surface area contributed by atoms with E-state index in [2.05, 4.69) is 9.97 Å². The van der Waals surface area contributed by atoms with Gasteiger partial charge in [0.15, 0.2) is 0 Å². The molecular formula is C9H13N3O. The third-order valence-corrected chi connectivity index (χ3v) is 2.21. The first-order valence-electron chi connectivity index (χ1n) is 4.53. The maximum atomic E-state index is 11.2. The zero-order chi connectivity index (χ0) is 9.42. The summed E-state index contributed by atoms with van der Waals surface area (Å²) in [6, 6.07) is 1.30. The predicted octanol–water partition coefficient (Wildman–Crippen LogP) is 0.667. The van der Waals surface area contributed by atoms with Crippen molar-refractivity contribution in [3.63, 3.8) is 0 Å². The second-order valence-corrected chi connectivity index (χ2v) is 3.62. The van der Waals surface area contributed by atoms with Crippen LogP contribution in [0.5, 0.6) is 0 Å². The molecule has 1 atom stereocenters. The minimum atomic E-state index is -0.167. The van der Waals surface area contributed by atoms with Gasteiger partial charge in [0.05, 0.1) is 5.69 Å². The van der Waals surface area contributed by atoms with E-state index >= 15 is 0 Å². The van der Waals surface area contributed by atoms with Crippen molar-refractivity contribution in [2.75, 3.05) is 0 Å². The van der Waals surface area contributed by atoms with E-state index in [9.17, 15) is 4.79 Å². The minimum absolute atomic E-state index is 0.0933. The van der Waals surface area contributed by atoms with Crippen molar-refractivity contribution in [2.24, 2.45) is 5.73 Å². The van der Waals surface area contributed by atoms with Crippen LogP contribution in [0.15, 0.2) is 10.9 Å². The molecule has 2 rings (SSSR count). The zero-order valence-electron chi connectivity index (χ0n) is 7.58. The molecule has 1 aromatic rings. The summed E-state index contributed by atoms with van der Waals surface area (Å²) in [5, 5.41) is 0. The number of nitrogens with zero attached hydrogens (tertiary/aromatic N) is 1. The van der Waals surface area contributed by atoms with E-state index in [0.717, 1.165) is 18.7 Å². The van der Waals surface area contributed by atoms with Crippen molar-refractivity contribution >= 4 is 0 Å². The summed E-state index contributed by atoms with van der Waals surface area (Å²) in [5.41, 5.74) is 6.25. The summed E-state index contributed by atoms with van der Waals surface area (Å²) in [5.74, 6) is 1.27. The molecular weight excluding hydrogens is 166 g/mol. The topological polar surface area (TPSA) is 71.8 Å². The van der Waals surface area contributed by atoms with Crippen LogP contribution < -0.4 is 11.3 Å². The van der Waals surface area contributed by atoms with E-state index in [1.54, 1.807) is 0 Å². The molecule has 1 aliphatic rings. The highest BCUT2D eigenvalue weighted by atomic mass is 16.1. The van der Waals surface area contributed by atoms with Gasteiger partial charge in [0.25, 0.3) is 5.56 Å². The summed E-state index contributed by atoms with van der Waals surface area (Å²) in [7, 11) is 0. The van der Waals surface area contributed by atoms with Gasteiger partial charge in [-0.1, -0.05) is 0 Å². The van der Waals surface area contributed by atoms with Gasteiger partial charge in [-0.15, -0.1) is 0 Å². The van der Waals surface area contributed by atoms with Crippen molar-refractivity contribution in [3.05, 3.63) is 27.9 Å². The Morgan fingerprint density at radius 2 is 2.38 bits per heavy atom. The van der Waals surface area contributed by atoms with Gasteiger partial charge in [-0.05, 0) is 19.8 Å². The summed E-state index contributed by atoms with van der Waals surface area (Å²) in [4.78, 5) is 18.3. The van der Waals surface area contributed by atoms with E-state index < -0.39 is 0 Å². The number of H-pyrrole nitrogens is 1. The van der Waals surface area contributed by atoms with Crippen LogP contribution in [0.4, 0.5) is 0 Å². The van der Waals surface area contributed by atoms with Gasteiger partial charge in [0.1, 0.15) is 5.82 Å². The fourth-order valence-electron chi connectivity index (χ4n) is 1.28. The van der Waals surface area contributed by atoms with Crippen LogP contribution in [-0.2, 0) is 0 Å². The Hall–Kier alpha value is -1.16. The number of nitrogens with one attached hydrogen (secondary N) is 1. The Kier molecular flexibility index (Phi) is 1.92. The maximum Gasteiger partial charge on any atom is 0.251 e. The van der Waals surface area contributed by atoms with Crippen LogP contribution in [0.3, 0.4) is 0 Å². The van der Waals surface area contributed by atoms with E-state index in [1.807, 2.05) is 6.92 Å². The van der Waals surface area contributed by atoms with Crippen molar-refractivity contribution in [3.8, 4) is 0 Å². The van der Waals surface area contributed by atoms with Crippen molar-refractivity contribution in [1.82, 2.24) is 9.97 Å². The molecule has 1 aromatic heterocycles. The lowest BCUT2D eigenvalue weighted by Gasteiger charge is -2.05. The molecule has 70 valence electrons. The van der Waals surface area contributed by atoms with Crippen LogP contribution in [0, 0.1) is 0 Å². The second-order valence-electron chi connectivity index (χ2n) is 3.62. The molecule has 1 aliphatic carbocycles. The Morgan fingerprint density at radius 1 is 1.69 bits per heavy atom. The molecule has 1 unspecified atom stereocenters. The Balaban J connectivity index is 2.41. The normalized spacial score (nSPS) is 18.6. The molecule has 0 aliphatic heterocycles. The average molecular weight is 179 g/mol. The lowest BCUT2D eigenvalue weighted by Crippen LogP contribution is -2.16. The van der Waals surface area contributed by atoms with E-state index in [0.29, 0.717) is 11.6 Å². The average Bonchev–Trinajstić information content (AvgIpc) is 2.85. The number of hydrogen-bond acceptors (Lipinski definition) is 3. The molecule has 1 saturated carbocycles. The molecule has 0 radical (unpaired) electrons. The largest absolute Gasteiger partial charge is 0.323 e. The fraction of sp³-hybridized carbons (Fsp3) is 0.556. The van der Waals surface area contributed by atoms with Crippen LogP contribution in [0.1, 0.15) is 43.2 Å². The number of rotatable bonds is 2. The summed E-state index contributed by atoms with van der Waals surface area (Å²) >= 11 is 0. The number of aromatic nitrogens is 2. The quantitative estimate of drug-likeness (QED) is 0.700. The number of aromatic amines is 1. The first-order chi connectivity index (χ1) is 6.16. The fourth-order valence-corrected chi connectivity index (χ4v) is 1.28. The first-order valence-corrected chi connectivity index (χ1v) is 4.53. The molecule has 4 heteroatoms. The molecule has 1 fully saturated rings. The zero-order valence-corrected chi connectivity index (χ0v) is 7.58. The van der Waals surface area contributed by atoms with Crippen LogP contribution >= 0.6 is 0 Å². The first kappa shape index (κ1) is 8.44. The van der Waals surface area contributed by atoms with E-state index in [-0.39, 0.29) is 11.6 Å². The van der Waals surface area contributed by atoms with Crippen LogP contribution in [0.2, 0.25) is 0 Å². The van der Waals surface area contributed by atoms with Gasteiger partial charge < -0.3 is 10.7 Å². The second kappa shape index (κ2) is 2.96. The van der Waals surface area contributed by atoms with Gasteiger partial charge in [-0.2, -0.15) is 0 Å². The monoisotopic (exact) mass is 179 g/mol. The van der Waals surface area contributed by atoms with Crippen molar-refractivity contribution < 1.29 is 0 Å². The van der Waals surface area contributed by atoms with E-state index in [1.165, 1.54) is 6.07 Å². The molecule has 0 spiro atoms. The minimum Gasteiger partial charge on any atom is -0.323 e. The highest BCUT2D eigenvalue weighted by Crippen LogP contribution is 2.37. The highest BCUT2D eigenvalue weighted by Gasteiger charge is 2.26. The van der Waals surface area contributed by atoms with E-state index in [4.69, 9.17) is 5.73 Å². The molecule has 13 heavy (non-hydrogen) atoms. The van der Waals surface area contributed by atoms with Crippen LogP contribution in [-0.4, -0.2) is 9.97 Å². The van der Waals surface area contributed by atoms with Gasteiger partial charge in [0.2, 0.25) is 0 Å². The summed E-state index contributed by atoms with van der Waals surface area (Å²) < 4.78 is 0.